The van der Waals surface area contributed by atoms with Crippen molar-refractivity contribution in [3.63, 3.8) is 0 Å². The van der Waals surface area contributed by atoms with E-state index in [2.05, 4.69) is 33.2 Å². The second kappa shape index (κ2) is 5.11. The third-order valence-corrected chi connectivity index (χ3v) is 3.37. The van der Waals surface area contributed by atoms with Gasteiger partial charge in [0.15, 0.2) is 5.82 Å². The monoisotopic (exact) mass is 316 g/mol. The summed E-state index contributed by atoms with van der Waals surface area (Å²) in [6.07, 6.45) is 4.44. The molecule has 0 amide bonds. The minimum Gasteiger partial charge on any atom is -0.330 e. The molecule has 0 unspecified atom stereocenters. The zero-order chi connectivity index (χ0) is 13.2. The van der Waals surface area contributed by atoms with Crippen LogP contribution in [-0.2, 0) is 6.42 Å². The van der Waals surface area contributed by atoms with Crippen molar-refractivity contribution < 1.29 is 0 Å². The third kappa shape index (κ3) is 2.39. The van der Waals surface area contributed by atoms with Gasteiger partial charge >= 0.3 is 0 Å². The first-order chi connectivity index (χ1) is 9.28. The van der Waals surface area contributed by atoms with E-state index in [-0.39, 0.29) is 0 Å². The highest BCUT2D eigenvalue weighted by atomic mass is 79.9. The summed E-state index contributed by atoms with van der Waals surface area (Å²) < 4.78 is 2.71. The highest BCUT2D eigenvalue weighted by Crippen LogP contribution is 2.21. The van der Waals surface area contributed by atoms with E-state index in [1.54, 1.807) is 10.9 Å². The van der Waals surface area contributed by atoms with Crippen molar-refractivity contribution in [3.05, 3.63) is 52.8 Å². The van der Waals surface area contributed by atoms with Crippen molar-refractivity contribution in [1.82, 2.24) is 14.8 Å². The topological polar surface area (TPSA) is 56.7 Å². The highest BCUT2D eigenvalue weighted by Gasteiger charge is 2.09. The van der Waals surface area contributed by atoms with Gasteiger partial charge in [0, 0.05) is 11.6 Å². The maximum atomic E-state index is 5.69. The summed E-state index contributed by atoms with van der Waals surface area (Å²) in [6.45, 7) is 0.593. The molecule has 0 radical (unpaired) electrons. The lowest BCUT2D eigenvalue weighted by molar-refractivity contribution is 0.824. The first-order valence-electron chi connectivity index (χ1n) is 6.07. The molecule has 0 aliphatic rings. The number of hydrogen-bond donors (Lipinski definition) is 1. The van der Waals surface area contributed by atoms with Gasteiger partial charge in [0.1, 0.15) is 0 Å². The lowest BCUT2D eigenvalue weighted by atomic mass is 10.1. The van der Waals surface area contributed by atoms with Crippen molar-refractivity contribution in [1.29, 1.82) is 0 Å². The van der Waals surface area contributed by atoms with Gasteiger partial charge in [-0.25, -0.2) is 9.67 Å². The molecule has 2 aromatic heterocycles. The molecule has 0 atom stereocenters. The quantitative estimate of drug-likeness (QED) is 0.808. The first-order valence-corrected chi connectivity index (χ1v) is 6.86. The molecule has 3 rings (SSSR count). The molecule has 3 aromatic rings. The summed E-state index contributed by atoms with van der Waals surface area (Å²) in [6, 6.07) is 10.2. The minimum atomic E-state index is 0.593. The Labute approximate surface area is 119 Å². The number of halogens is 1. The Morgan fingerprint density at radius 3 is 2.84 bits per heavy atom. The normalized spacial score (nSPS) is 11.1. The first kappa shape index (κ1) is 12.3. The number of fused-ring (bicyclic) bond motifs is 1. The van der Waals surface area contributed by atoms with E-state index in [0.717, 1.165) is 33.2 Å². The molecule has 1 aromatic carbocycles. The second-order valence-electron chi connectivity index (χ2n) is 4.31. The van der Waals surface area contributed by atoms with Crippen LogP contribution in [0.15, 0.2) is 47.2 Å². The van der Waals surface area contributed by atoms with Crippen LogP contribution in [-0.4, -0.2) is 21.3 Å². The Bertz CT molecular complexity index is 720. The van der Waals surface area contributed by atoms with Crippen molar-refractivity contribution in [2.45, 2.75) is 6.42 Å². The number of rotatable bonds is 3. The van der Waals surface area contributed by atoms with Crippen molar-refractivity contribution in [3.8, 4) is 5.82 Å². The van der Waals surface area contributed by atoms with Gasteiger partial charge in [-0.15, -0.1) is 0 Å². The molecule has 0 aliphatic heterocycles. The average molecular weight is 317 g/mol. The second-order valence-corrected chi connectivity index (χ2v) is 5.22. The molecule has 2 N–H and O–H groups in total. The summed E-state index contributed by atoms with van der Waals surface area (Å²) >= 11 is 3.41. The van der Waals surface area contributed by atoms with Gasteiger partial charge in [-0.3, -0.25) is 0 Å². The van der Waals surface area contributed by atoms with Crippen molar-refractivity contribution >= 4 is 26.8 Å². The number of para-hydroxylation sites is 1. The Balaban J connectivity index is 2.22. The average Bonchev–Trinajstić information content (AvgIpc) is 2.85. The van der Waals surface area contributed by atoms with E-state index < -0.39 is 0 Å². The predicted molar refractivity (Wildman–Crippen MR) is 79.3 cm³/mol. The lowest BCUT2D eigenvalue weighted by Crippen LogP contribution is -2.09. The molecule has 4 nitrogen and oxygen atoms in total. The van der Waals surface area contributed by atoms with Gasteiger partial charge in [-0.1, -0.05) is 18.2 Å². The van der Waals surface area contributed by atoms with Gasteiger partial charge in [0.25, 0.3) is 0 Å². The smallest absolute Gasteiger partial charge is 0.157 e. The molecule has 0 aliphatic carbocycles. The number of nitrogens with two attached hydrogens (primary N) is 1. The number of pyridine rings is 1. The fraction of sp³-hybridized carbons (Fsp3) is 0.143. The SMILES string of the molecule is NCCc1cc2ccccc2nc1-n1cc(Br)cn1. The van der Waals surface area contributed by atoms with Crippen LogP contribution < -0.4 is 5.73 Å². The van der Waals surface area contributed by atoms with Gasteiger partial charge in [0.2, 0.25) is 0 Å². The van der Waals surface area contributed by atoms with Crippen LogP contribution in [0.5, 0.6) is 0 Å². The summed E-state index contributed by atoms with van der Waals surface area (Å²) in [5.41, 5.74) is 7.76. The molecular formula is C14H13BrN4. The zero-order valence-electron chi connectivity index (χ0n) is 10.3. The number of hydrogen-bond acceptors (Lipinski definition) is 3. The van der Waals surface area contributed by atoms with Gasteiger partial charge in [-0.05, 0) is 46.6 Å². The van der Waals surface area contributed by atoms with Crippen LogP contribution in [0, 0.1) is 0 Å². The van der Waals surface area contributed by atoms with Crippen molar-refractivity contribution in [2.24, 2.45) is 5.73 Å². The van der Waals surface area contributed by atoms with Crippen LogP contribution in [0.3, 0.4) is 0 Å². The minimum absolute atomic E-state index is 0.593. The van der Waals surface area contributed by atoms with Crippen LogP contribution in [0.4, 0.5) is 0 Å². The Hall–Kier alpha value is -1.72. The fourth-order valence-electron chi connectivity index (χ4n) is 2.10. The van der Waals surface area contributed by atoms with E-state index in [9.17, 15) is 0 Å². The Morgan fingerprint density at radius 1 is 1.26 bits per heavy atom. The number of benzene rings is 1. The lowest BCUT2D eigenvalue weighted by Gasteiger charge is -2.09. The molecule has 19 heavy (non-hydrogen) atoms. The zero-order valence-corrected chi connectivity index (χ0v) is 11.8. The van der Waals surface area contributed by atoms with Gasteiger partial charge < -0.3 is 5.73 Å². The standard InChI is InChI=1S/C14H13BrN4/c15-12-8-17-19(9-12)14-11(5-6-16)7-10-3-1-2-4-13(10)18-14/h1-4,7-9H,5-6,16H2. The van der Waals surface area contributed by atoms with Crippen LogP contribution in [0.2, 0.25) is 0 Å². The maximum absolute atomic E-state index is 5.69. The third-order valence-electron chi connectivity index (χ3n) is 2.96. The van der Waals surface area contributed by atoms with Gasteiger partial charge in [-0.2, -0.15) is 5.10 Å². The fourth-order valence-corrected chi connectivity index (χ4v) is 2.39. The molecule has 0 saturated heterocycles. The summed E-state index contributed by atoms with van der Waals surface area (Å²) in [4.78, 5) is 4.70. The Morgan fingerprint density at radius 2 is 2.11 bits per heavy atom. The predicted octanol–water partition coefficient (Wildman–Crippen LogP) is 2.68. The molecular weight excluding hydrogens is 304 g/mol. The molecule has 0 spiro atoms. The Kier molecular flexibility index (Phi) is 3.31. The molecule has 0 bridgehead atoms. The van der Waals surface area contributed by atoms with Crippen LogP contribution in [0.1, 0.15) is 5.56 Å². The van der Waals surface area contributed by atoms with E-state index in [0.29, 0.717) is 6.54 Å². The van der Waals surface area contributed by atoms with E-state index in [4.69, 9.17) is 10.7 Å². The van der Waals surface area contributed by atoms with Gasteiger partial charge in [0.05, 0.1) is 16.2 Å². The molecule has 0 saturated carbocycles. The molecule has 96 valence electrons. The number of nitrogens with zero attached hydrogens (tertiary/aromatic N) is 3. The van der Waals surface area contributed by atoms with E-state index in [1.165, 1.54) is 0 Å². The summed E-state index contributed by atoms with van der Waals surface area (Å²) in [5.74, 6) is 0.842. The van der Waals surface area contributed by atoms with E-state index >= 15 is 0 Å². The van der Waals surface area contributed by atoms with Crippen LogP contribution >= 0.6 is 15.9 Å². The molecule has 0 fully saturated rings. The summed E-state index contributed by atoms with van der Waals surface area (Å²) in [7, 11) is 0. The summed E-state index contributed by atoms with van der Waals surface area (Å²) in [5, 5.41) is 5.43. The largest absolute Gasteiger partial charge is 0.330 e. The van der Waals surface area contributed by atoms with Crippen LogP contribution in [0.25, 0.3) is 16.7 Å². The number of aromatic nitrogens is 3. The van der Waals surface area contributed by atoms with E-state index in [1.807, 2.05) is 24.4 Å². The maximum Gasteiger partial charge on any atom is 0.157 e. The highest BCUT2D eigenvalue weighted by molar-refractivity contribution is 9.10. The molecule has 5 heteroatoms. The molecule has 2 heterocycles. The van der Waals surface area contributed by atoms with Crippen molar-refractivity contribution in [2.75, 3.05) is 6.54 Å².